The highest BCUT2D eigenvalue weighted by molar-refractivity contribution is 5.94. The highest BCUT2D eigenvalue weighted by atomic mass is 16.5. The number of nitrogen functional groups attached to an aromatic ring is 1. The molecule has 5 aliphatic rings. The predicted molar refractivity (Wildman–Crippen MR) is 146 cm³/mol. The Balaban J connectivity index is 1.33. The average Bonchev–Trinajstić information content (AvgIpc) is 3.36. The molecule has 1 unspecified atom stereocenters. The maximum absolute atomic E-state index is 11.2. The number of benzene rings is 1. The smallest absolute Gasteiger partial charge is 0.131 e. The van der Waals surface area contributed by atoms with Gasteiger partial charge in [-0.2, -0.15) is 0 Å². The summed E-state index contributed by atoms with van der Waals surface area (Å²) in [7, 11) is 3.96. The van der Waals surface area contributed by atoms with E-state index >= 15 is 0 Å². The summed E-state index contributed by atoms with van der Waals surface area (Å²) >= 11 is 0. The molecule has 37 heavy (non-hydrogen) atoms. The van der Waals surface area contributed by atoms with Gasteiger partial charge in [0.15, 0.2) is 0 Å². The van der Waals surface area contributed by atoms with Crippen molar-refractivity contribution >= 4 is 22.2 Å². The Hall–Kier alpha value is -2.51. The van der Waals surface area contributed by atoms with Crippen LogP contribution in [0.5, 0.6) is 0 Å². The van der Waals surface area contributed by atoms with Crippen LogP contribution in [-0.2, 0) is 4.74 Å². The van der Waals surface area contributed by atoms with Crippen LogP contribution in [0.2, 0.25) is 0 Å². The SMILES string of the molecule is CC1=C2C=C3[C@@H](O)[C@H](O)[C@@H](N(C)C)C[C@]34CC[C@]2(O4)C2CC=C(c3ccc4ccnc(N)c4c3)[C@@]2(C)C1. The zero-order valence-corrected chi connectivity index (χ0v) is 22.2. The van der Waals surface area contributed by atoms with Crippen molar-refractivity contribution in [3.05, 3.63) is 64.9 Å². The van der Waals surface area contributed by atoms with Crippen molar-refractivity contribution in [3.63, 3.8) is 0 Å². The molecule has 0 amide bonds. The van der Waals surface area contributed by atoms with Crippen LogP contribution in [0.3, 0.4) is 0 Å². The van der Waals surface area contributed by atoms with Crippen molar-refractivity contribution in [3.8, 4) is 0 Å². The van der Waals surface area contributed by atoms with Crippen LogP contribution >= 0.6 is 0 Å². The van der Waals surface area contributed by atoms with Gasteiger partial charge >= 0.3 is 0 Å². The van der Waals surface area contributed by atoms with Crippen LogP contribution in [0.4, 0.5) is 5.82 Å². The molecule has 7 rings (SSSR count). The van der Waals surface area contributed by atoms with E-state index in [1.165, 1.54) is 22.3 Å². The Bertz CT molecular complexity index is 1430. The number of aliphatic hydroxyl groups is 2. The minimum Gasteiger partial charge on any atom is -0.388 e. The number of likely N-dealkylation sites (N-methyl/N-ethyl adjacent to an activating group) is 1. The van der Waals surface area contributed by atoms with Crippen molar-refractivity contribution in [2.24, 2.45) is 11.3 Å². The van der Waals surface area contributed by atoms with E-state index in [4.69, 9.17) is 10.5 Å². The van der Waals surface area contributed by atoms with Crippen molar-refractivity contribution < 1.29 is 14.9 Å². The Morgan fingerprint density at radius 3 is 2.76 bits per heavy atom. The van der Waals surface area contributed by atoms with Gasteiger partial charge in [-0.15, -0.1) is 0 Å². The fourth-order valence-electron chi connectivity index (χ4n) is 8.81. The van der Waals surface area contributed by atoms with Gasteiger partial charge < -0.3 is 25.6 Å². The van der Waals surface area contributed by atoms with Crippen LogP contribution in [0.25, 0.3) is 16.3 Å². The number of ether oxygens (including phenoxy) is 1. The standard InChI is InChI=1S/C31H37N3O3/c1-17-15-29(2)21(19-6-5-18-9-12-33-28(32)20(18)13-19)7-8-25(29)31-11-10-30(37-31)16-24(34(3)4)27(36)26(35)23(30)14-22(17)31/h5-7,9,12-14,24-27,35-36H,8,10-11,15-16H2,1-4H3,(H2,32,33)/t24-,25?,26+,27+,29+,30+,31+/m0/s1. The minimum atomic E-state index is -0.903. The summed E-state index contributed by atoms with van der Waals surface area (Å²) < 4.78 is 7.32. The van der Waals surface area contributed by atoms with E-state index in [1.54, 1.807) is 6.20 Å². The fraction of sp³-hybridized carbons (Fsp3) is 0.516. The zero-order valence-electron chi connectivity index (χ0n) is 22.2. The van der Waals surface area contributed by atoms with Gasteiger partial charge in [0.1, 0.15) is 11.9 Å². The number of aliphatic hydroxyl groups excluding tert-OH is 2. The highest BCUT2D eigenvalue weighted by Crippen LogP contribution is 2.69. The molecular weight excluding hydrogens is 462 g/mol. The largest absolute Gasteiger partial charge is 0.388 e. The van der Waals surface area contributed by atoms with Crippen LogP contribution in [0, 0.1) is 11.3 Å². The van der Waals surface area contributed by atoms with Crippen molar-refractivity contribution in [1.29, 1.82) is 0 Å². The number of hydrogen-bond donors (Lipinski definition) is 3. The third kappa shape index (κ3) is 2.93. The normalized spacial score (nSPS) is 40.4. The average molecular weight is 500 g/mol. The number of pyridine rings is 1. The first-order valence-electron chi connectivity index (χ1n) is 13.6. The van der Waals surface area contributed by atoms with Gasteiger partial charge in [-0.3, -0.25) is 0 Å². The number of anilines is 1. The summed E-state index contributed by atoms with van der Waals surface area (Å²) in [6.07, 6.45) is 9.14. The van der Waals surface area contributed by atoms with Gasteiger partial charge in [0.05, 0.1) is 17.3 Å². The maximum Gasteiger partial charge on any atom is 0.131 e. The molecule has 2 bridgehead atoms. The van der Waals surface area contributed by atoms with Crippen molar-refractivity contribution in [2.45, 2.75) is 75.4 Å². The summed E-state index contributed by atoms with van der Waals surface area (Å²) in [5.74, 6) is 0.884. The van der Waals surface area contributed by atoms with Gasteiger partial charge in [-0.25, -0.2) is 4.98 Å². The van der Waals surface area contributed by atoms with Crippen LogP contribution in [0.1, 0.15) is 51.5 Å². The summed E-state index contributed by atoms with van der Waals surface area (Å²) in [6, 6.07) is 8.46. The Kier molecular flexibility index (Phi) is 4.81. The molecule has 1 saturated carbocycles. The molecule has 194 valence electrons. The molecule has 0 radical (unpaired) electrons. The number of aromatic nitrogens is 1. The lowest BCUT2D eigenvalue weighted by Gasteiger charge is -2.56. The second-order valence-corrected chi connectivity index (χ2v) is 12.6. The monoisotopic (exact) mass is 499 g/mol. The lowest BCUT2D eigenvalue weighted by Crippen LogP contribution is -2.62. The summed E-state index contributed by atoms with van der Waals surface area (Å²) in [5.41, 5.74) is 11.4. The Morgan fingerprint density at radius 2 is 1.97 bits per heavy atom. The maximum atomic E-state index is 11.2. The molecule has 2 aliphatic heterocycles. The molecule has 3 heterocycles. The van der Waals surface area contributed by atoms with Gasteiger partial charge in [-0.05, 0) is 92.9 Å². The van der Waals surface area contributed by atoms with Crippen LogP contribution < -0.4 is 5.73 Å². The molecule has 6 heteroatoms. The molecule has 1 aromatic carbocycles. The molecule has 6 nitrogen and oxygen atoms in total. The number of hydrogen-bond acceptors (Lipinski definition) is 6. The van der Waals surface area contributed by atoms with Gasteiger partial charge in [-0.1, -0.05) is 36.8 Å². The lowest BCUT2D eigenvalue weighted by atomic mass is 9.56. The Morgan fingerprint density at radius 1 is 1.16 bits per heavy atom. The second-order valence-electron chi connectivity index (χ2n) is 12.6. The quantitative estimate of drug-likeness (QED) is 0.573. The van der Waals surface area contributed by atoms with E-state index in [2.05, 4.69) is 49.2 Å². The number of fused-ring (bicyclic) bond motifs is 2. The first kappa shape index (κ1) is 23.6. The minimum absolute atomic E-state index is 0.0666. The topological polar surface area (TPSA) is 91.8 Å². The molecule has 7 atom stereocenters. The third-order valence-corrected chi connectivity index (χ3v) is 10.5. The number of nitrogens with two attached hydrogens (primary N) is 1. The van der Waals surface area contributed by atoms with E-state index in [1.807, 2.05) is 25.1 Å². The van der Waals surface area contributed by atoms with E-state index < -0.39 is 17.8 Å². The van der Waals surface area contributed by atoms with Gasteiger partial charge in [0.25, 0.3) is 0 Å². The molecule has 1 aromatic heterocycles. The molecule has 2 fully saturated rings. The third-order valence-electron chi connectivity index (χ3n) is 10.5. The van der Waals surface area contributed by atoms with Gasteiger partial charge in [0, 0.05) is 29.0 Å². The highest BCUT2D eigenvalue weighted by Gasteiger charge is 2.68. The first-order chi connectivity index (χ1) is 17.6. The lowest BCUT2D eigenvalue weighted by molar-refractivity contribution is -0.162. The molecular formula is C31H37N3O3. The van der Waals surface area contributed by atoms with Crippen LogP contribution in [0.15, 0.2) is 59.3 Å². The molecule has 2 aromatic rings. The van der Waals surface area contributed by atoms with Crippen molar-refractivity contribution in [2.75, 3.05) is 19.8 Å². The summed E-state index contributed by atoms with van der Waals surface area (Å²) in [4.78, 5) is 6.35. The first-order valence-corrected chi connectivity index (χ1v) is 13.6. The zero-order chi connectivity index (χ0) is 25.9. The van der Waals surface area contributed by atoms with E-state index in [9.17, 15) is 10.2 Å². The number of nitrogens with zero attached hydrogens (tertiary/aromatic N) is 2. The number of rotatable bonds is 2. The fourth-order valence-corrected chi connectivity index (χ4v) is 8.81. The second kappa shape index (κ2) is 7.54. The molecule has 1 saturated heterocycles. The summed E-state index contributed by atoms with van der Waals surface area (Å²) in [6.45, 7) is 4.65. The van der Waals surface area contributed by atoms with E-state index in [0.717, 1.165) is 42.0 Å². The molecule has 4 N–H and O–H groups in total. The van der Waals surface area contributed by atoms with E-state index in [-0.39, 0.29) is 17.1 Å². The van der Waals surface area contributed by atoms with E-state index in [0.29, 0.717) is 18.2 Å². The molecule has 3 aliphatic carbocycles. The van der Waals surface area contributed by atoms with Gasteiger partial charge in [0.2, 0.25) is 0 Å². The predicted octanol–water partition coefficient (Wildman–Crippen LogP) is 4.23. The summed E-state index contributed by atoms with van der Waals surface area (Å²) in [5, 5.41) is 24.3. The molecule has 2 spiro atoms. The Labute approximate surface area is 218 Å². The number of allylic oxidation sites excluding steroid dienone is 3. The van der Waals surface area contributed by atoms with Crippen LogP contribution in [-0.4, -0.2) is 63.6 Å². The van der Waals surface area contributed by atoms with Crippen molar-refractivity contribution in [1.82, 2.24) is 9.88 Å².